The number of nitrogens with one attached hydrogen (secondary N) is 1. The van der Waals surface area contributed by atoms with Gasteiger partial charge < -0.3 is 4.57 Å². The number of benzene rings is 1. The first-order valence-electron chi connectivity index (χ1n) is 8.20. The molecule has 1 N–H and O–H groups in total. The standard InChI is InChI=1S/C18H21FN4O/c1-18(2,3)9-16(24)22-17-21-14-8-13(19)11(10-20)7-15(14)23(17)12-5-4-6-12/h7-8,12H,4-6,9H2,1-3H3,(H,21,22,24). The first-order chi connectivity index (χ1) is 11.3. The van der Waals surface area contributed by atoms with E-state index in [9.17, 15) is 9.18 Å². The summed E-state index contributed by atoms with van der Waals surface area (Å²) in [5.74, 6) is -0.256. The van der Waals surface area contributed by atoms with Crippen LogP contribution in [0.2, 0.25) is 0 Å². The van der Waals surface area contributed by atoms with Crippen LogP contribution >= 0.6 is 0 Å². The fourth-order valence-corrected chi connectivity index (χ4v) is 2.95. The summed E-state index contributed by atoms with van der Waals surface area (Å²) < 4.78 is 15.8. The molecule has 24 heavy (non-hydrogen) atoms. The van der Waals surface area contributed by atoms with Gasteiger partial charge in [-0.25, -0.2) is 9.37 Å². The summed E-state index contributed by atoms with van der Waals surface area (Å²) in [7, 11) is 0. The van der Waals surface area contributed by atoms with E-state index in [1.165, 1.54) is 12.1 Å². The normalized spacial score (nSPS) is 15.1. The molecule has 0 aliphatic heterocycles. The molecule has 3 rings (SSSR count). The van der Waals surface area contributed by atoms with Crippen LogP contribution in [0.25, 0.3) is 11.0 Å². The van der Waals surface area contributed by atoms with Gasteiger partial charge in [0, 0.05) is 18.5 Å². The van der Waals surface area contributed by atoms with Gasteiger partial charge in [0.25, 0.3) is 0 Å². The lowest BCUT2D eigenvalue weighted by Gasteiger charge is -2.29. The van der Waals surface area contributed by atoms with Crippen LogP contribution in [0, 0.1) is 22.6 Å². The zero-order chi connectivity index (χ0) is 17.5. The number of nitrogens with zero attached hydrogens (tertiary/aromatic N) is 3. The van der Waals surface area contributed by atoms with Gasteiger partial charge in [-0.2, -0.15) is 5.26 Å². The van der Waals surface area contributed by atoms with Crippen molar-refractivity contribution >= 4 is 22.9 Å². The van der Waals surface area contributed by atoms with Gasteiger partial charge in [0.1, 0.15) is 11.9 Å². The summed E-state index contributed by atoms with van der Waals surface area (Å²) in [4.78, 5) is 16.7. The summed E-state index contributed by atoms with van der Waals surface area (Å²) in [6, 6.07) is 4.89. The topological polar surface area (TPSA) is 70.7 Å². The first-order valence-corrected chi connectivity index (χ1v) is 8.20. The van der Waals surface area contributed by atoms with E-state index in [0.29, 0.717) is 23.4 Å². The van der Waals surface area contributed by atoms with Crippen molar-refractivity contribution in [3.63, 3.8) is 0 Å². The number of nitriles is 1. The average molecular weight is 328 g/mol. The van der Waals surface area contributed by atoms with Crippen LogP contribution in [0.5, 0.6) is 0 Å². The van der Waals surface area contributed by atoms with Crippen molar-refractivity contribution in [2.45, 2.75) is 52.5 Å². The fraction of sp³-hybridized carbons (Fsp3) is 0.500. The predicted molar refractivity (Wildman–Crippen MR) is 90.0 cm³/mol. The monoisotopic (exact) mass is 328 g/mol. The minimum absolute atomic E-state index is 0.00413. The molecular weight excluding hydrogens is 307 g/mol. The van der Waals surface area contributed by atoms with Crippen LogP contribution in [-0.4, -0.2) is 15.5 Å². The maximum atomic E-state index is 13.9. The quantitative estimate of drug-likeness (QED) is 0.920. The van der Waals surface area contributed by atoms with Crippen molar-refractivity contribution in [1.82, 2.24) is 9.55 Å². The zero-order valence-electron chi connectivity index (χ0n) is 14.2. The molecule has 1 aromatic heterocycles. The highest BCUT2D eigenvalue weighted by molar-refractivity contribution is 5.92. The Hall–Kier alpha value is -2.42. The van der Waals surface area contributed by atoms with Gasteiger partial charge in [0.05, 0.1) is 16.6 Å². The Kier molecular flexibility index (Phi) is 4.04. The maximum absolute atomic E-state index is 13.9. The van der Waals surface area contributed by atoms with Crippen molar-refractivity contribution in [2.24, 2.45) is 5.41 Å². The predicted octanol–water partition coefficient (Wildman–Crippen LogP) is 4.15. The van der Waals surface area contributed by atoms with Crippen LogP contribution in [0.1, 0.15) is 58.1 Å². The second-order valence-electron chi connectivity index (χ2n) is 7.61. The van der Waals surface area contributed by atoms with Crippen LogP contribution in [-0.2, 0) is 4.79 Å². The van der Waals surface area contributed by atoms with E-state index in [0.717, 1.165) is 19.3 Å². The molecule has 2 aromatic rings. The molecule has 1 aromatic carbocycles. The molecule has 0 bridgehead atoms. The molecule has 1 amide bonds. The Balaban J connectivity index is 2.03. The number of carbonyl (C=O) groups excluding carboxylic acids is 1. The van der Waals surface area contributed by atoms with Gasteiger partial charge in [0.15, 0.2) is 0 Å². The molecule has 0 spiro atoms. The molecule has 1 saturated carbocycles. The summed E-state index contributed by atoms with van der Waals surface area (Å²) in [6.07, 6.45) is 3.48. The molecule has 0 radical (unpaired) electrons. The lowest BCUT2D eigenvalue weighted by atomic mass is 9.92. The number of amides is 1. The van der Waals surface area contributed by atoms with E-state index in [4.69, 9.17) is 5.26 Å². The van der Waals surface area contributed by atoms with Gasteiger partial charge >= 0.3 is 0 Å². The SMILES string of the molecule is CC(C)(C)CC(=O)Nc1nc2cc(F)c(C#N)cc2n1C1CCC1. The Labute approximate surface area is 140 Å². The molecule has 1 heterocycles. The third-order valence-corrected chi connectivity index (χ3v) is 4.28. The van der Waals surface area contributed by atoms with Gasteiger partial charge in [-0.3, -0.25) is 10.1 Å². The van der Waals surface area contributed by atoms with E-state index in [1.54, 1.807) is 0 Å². The van der Waals surface area contributed by atoms with Crippen LogP contribution in [0.4, 0.5) is 10.3 Å². The summed E-state index contributed by atoms with van der Waals surface area (Å²) in [5, 5.41) is 11.9. The number of anilines is 1. The highest BCUT2D eigenvalue weighted by Crippen LogP contribution is 2.37. The highest BCUT2D eigenvalue weighted by atomic mass is 19.1. The lowest BCUT2D eigenvalue weighted by Crippen LogP contribution is -2.24. The molecule has 0 atom stereocenters. The lowest BCUT2D eigenvalue weighted by molar-refractivity contribution is -0.117. The van der Waals surface area contributed by atoms with Crippen LogP contribution < -0.4 is 5.32 Å². The maximum Gasteiger partial charge on any atom is 0.227 e. The van der Waals surface area contributed by atoms with Crippen LogP contribution in [0.15, 0.2) is 12.1 Å². The number of carbonyl (C=O) groups is 1. The average Bonchev–Trinajstić information content (AvgIpc) is 2.71. The minimum Gasteiger partial charge on any atom is -0.307 e. The number of rotatable bonds is 3. The zero-order valence-corrected chi connectivity index (χ0v) is 14.2. The molecule has 126 valence electrons. The van der Waals surface area contributed by atoms with Gasteiger partial charge in [0.2, 0.25) is 11.9 Å². The Bertz CT molecular complexity index is 837. The van der Waals surface area contributed by atoms with Gasteiger partial charge in [-0.1, -0.05) is 20.8 Å². The van der Waals surface area contributed by atoms with Crippen molar-refractivity contribution in [1.29, 1.82) is 5.26 Å². The number of hydrogen-bond donors (Lipinski definition) is 1. The smallest absolute Gasteiger partial charge is 0.227 e. The number of imidazole rings is 1. The molecule has 6 heteroatoms. The van der Waals surface area contributed by atoms with Gasteiger partial charge in [-0.15, -0.1) is 0 Å². The third kappa shape index (κ3) is 3.12. The number of fused-ring (bicyclic) bond motifs is 1. The number of halogens is 1. The van der Waals surface area contributed by atoms with E-state index in [2.05, 4.69) is 10.3 Å². The first kappa shape index (κ1) is 16.4. The van der Waals surface area contributed by atoms with Gasteiger partial charge in [-0.05, 0) is 30.7 Å². The van der Waals surface area contributed by atoms with Crippen molar-refractivity contribution in [3.05, 3.63) is 23.5 Å². The third-order valence-electron chi connectivity index (χ3n) is 4.28. The molecule has 1 aliphatic rings. The second kappa shape index (κ2) is 5.90. The van der Waals surface area contributed by atoms with Crippen molar-refractivity contribution < 1.29 is 9.18 Å². The molecule has 5 nitrogen and oxygen atoms in total. The van der Waals surface area contributed by atoms with Crippen molar-refractivity contribution in [2.75, 3.05) is 5.32 Å². The van der Waals surface area contributed by atoms with E-state index in [-0.39, 0.29) is 22.9 Å². The Morgan fingerprint density at radius 3 is 2.71 bits per heavy atom. The molecule has 0 saturated heterocycles. The van der Waals surface area contributed by atoms with E-state index < -0.39 is 5.82 Å². The van der Waals surface area contributed by atoms with Crippen LogP contribution in [0.3, 0.4) is 0 Å². The largest absolute Gasteiger partial charge is 0.307 e. The van der Waals surface area contributed by atoms with E-state index in [1.807, 2.05) is 31.4 Å². The second-order valence-corrected chi connectivity index (χ2v) is 7.61. The number of aromatic nitrogens is 2. The highest BCUT2D eigenvalue weighted by Gasteiger charge is 2.27. The molecule has 0 unspecified atom stereocenters. The summed E-state index contributed by atoms with van der Waals surface area (Å²) in [6.45, 7) is 5.99. The fourth-order valence-electron chi connectivity index (χ4n) is 2.95. The Morgan fingerprint density at radius 2 is 2.17 bits per heavy atom. The van der Waals surface area contributed by atoms with E-state index >= 15 is 0 Å². The number of hydrogen-bond acceptors (Lipinski definition) is 3. The summed E-state index contributed by atoms with van der Waals surface area (Å²) in [5.41, 5.74) is 1.03. The minimum atomic E-state index is -0.587. The van der Waals surface area contributed by atoms with Crippen molar-refractivity contribution in [3.8, 4) is 6.07 Å². The molecule has 1 aliphatic carbocycles. The molecule has 1 fully saturated rings. The summed E-state index contributed by atoms with van der Waals surface area (Å²) >= 11 is 0. The molecular formula is C18H21FN4O. The Morgan fingerprint density at radius 1 is 1.46 bits per heavy atom.